The van der Waals surface area contributed by atoms with E-state index in [2.05, 4.69) is 5.32 Å². The summed E-state index contributed by atoms with van der Waals surface area (Å²) in [5.74, 6) is -2.23. The van der Waals surface area contributed by atoms with Gasteiger partial charge in [-0.15, -0.1) is 0 Å². The van der Waals surface area contributed by atoms with Crippen LogP contribution in [0.15, 0.2) is 18.2 Å². The second-order valence-electron chi connectivity index (χ2n) is 5.62. The second kappa shape index (κ2) is 8.01. The lowest BCUT2D eigenvalue weighted by molar-refractivity contribution is -0.121. The molecular formula is C16H21F2N3O2. The Kier molecular flexibility index (Phi) is 6.04. The molecule has 0 aliphatic carbocycles. The van der Waals surface area contributed by atoms with Crippen molar-refractivity contribution in [1.82, 2.24) is 10.2 Å². The second-order valence-corrected chi connectivity index (χ2v) is 5.62. The topological polar surface area (TPSA) is 75.4 Å². The van der Waals surface area contributed by atoms with E-state index in [9.17, 15) is 18.4 Å². The lowest BCUT2D eigenvalue weighted by Crippen LogP contribution is -2.49. The van der Waals surface area contributed by atoms with E-state index in [1.165, 1.54) is 0 Å². The van der Waals surface area contributed by atoms with E-state index in [4.69, 9.17) is 5.73 Å². The molecule has 0 spiro atoms. The maximum absolute atomic E-state index is 13.8. The van der Waals surface area contributed by atoms with Gasteiger partial charge in [-0.1, -0.05) is 0 Å². The van der Waals surface area contributed by atoms with Crippen LogP contribution in [-0.4, -0.2) is 42.4 Å². The molecule has 7 heteroatoms. The first-order valence-corrected chi connectivity index (χ1v) is 7.75. The molecule has 1 fully saturated rings. The van der Waals surface area contributed by atoms with Crippen LogP contribution in [0.1, 0.15) is 36.0 Å². The van der Waals surface area contributed by atoms with Crippen molar-refractivity contribution < 1.29 is 18.4 Å². The number of carbonyl (C=O) groups excluding carboxylic acids is 2. The molecule has 1 unspecified atom stereocenters. The van der Waals surface area contributed by atoms with Crippen LogP contribution in [0.3, 0.4) is 0 Å². The molecule has 0 bridgehead atoms. The highest BCUT2D eigenvalue weighted by molar-refractivity contribution is 5.94. The molecule has 1 aliphatic heterocycles. The third-order valence-corrected chi connectivity index (χ3v) is 3.96. The number of nitrogens with two attached hydrogens (primary N) is 1. The number of hydrogen-bond donors (Lipinski definition) is 2. The van der Waals surface area contributed by atoms with Gasteiger partial charge in [0.05, 0.1) is 5.56 Å². The Labute approximate surface area is 133 Å². The molecule has 23 heavy (non-hydrogen) atoms. The van der Waals surface area contributed by atoms with Crippen LogP contribution in [0.25, 0.3) is 0 Å². The summed E-state index contributed by atoms with van der Waals surface area (Å²) in [6.07, 6.45) is 2.72. The van der Waals surface area contributed by atoms with Gasteiger partial charge in [0.25, 0.3) is 5.91 Å². The fourth-order valence-electron chi connectivity index (χ4n) is 2.75. The number of carbonyl (C=O) groups is 2. The Morgan fingerprint density at radius 3 is 2.78 bits per heavy atom. The van der Waals surface area contributed by atoms with Gasteiger partial charge < -0.3 is 16.0 Å². The number of halogens is 2. The molecule has 0 aromatic heterocycles. The Balaban J connectivity index is 2.07. The van der Waals surface area contributed by atoms with Gasteiger partial charge >= 0.3 is 0 Å². The zero-order valence-electron chi connectivity index (χ0n) is 12.9. The third kappa shape index (κ3) is 4.48. The number of benzene rings is 1. The lowest BCUT2D eigenvalue weighted by atomic mass is 10.0. The largest absolute Gasteiger partial charge is 0.354 e. The summed E-state index contributed by atoms with van der Waals surface area (Å²) >= 11 is 0. The van der Waals surface area contributed by atoms with Gasteiger partial charge in [-0.05, 0) is 31.4 Å². The molecule has 1 atom stereocenters. The van der Waals surface area contributed by atoms with Crippen LogP contribution in [0.2, 0.25) is 0 Å². The number of piperidine rings is 1. The van der Waals surface area contributed by atoms with Crippen LogP contribution in [0.4, 0.5) is 8.78 Å². The van der Waals surface area contributed by atoms with Crippen molar-refractivity contribution in [3.8, 4) is 0 Å². The lowest BCUT2D eigenvalue weighted by Gasteiger charge is -2.36. The predicted octanol–water partition coefficient (Wildman–Crippen LogP) is 1.42. The molecule has 1 heterocycles. The minimum atomic E-state index is -0.869. The molecule has 1 aromatic carbocycles. The van der Waals surface area contributed by atoms with Crippen molar-refractivity contribution >= 4 is 11.8 Å². The average Bonchev–Trinajstić information content (AvgIpc) is 2.53. The molecule has 1 aliphatic rings. The summed E-state index contributed by atoms with van der Waals surface area (Å²) < 4.78 is 26.8. The summed E-state index contributed by atoms with van der Waals surface area (Å²) in [4.78, 5) is 25.6. The standard InChI is InChI=1S/C16H21F2N3O2/c17-11-4-5-13(14(18)9-11)16(23)21-8-2-1-3-12(21)10-20-15(22)6-7-19/h4-5,9,12H,1-3,6-8,10,19H2,(H,20,22). The first kappa shape index (κ1) is 17.3. The van der Waals surface area contributed by atoms with Gasteiger partial charge in [-0.2, -0.15) is 0 Å². The molecule has 1 aromatic rings. The van der Waals surface area contributed by atoms with Gasteiger partial charge in [-0.25, -0.2) is 8.78 Å². The summed E-state index contributed by atoms with van der Waals surface area (Å²) in [5, 5.41) is 2.75. The molecular weight excluding hydrogens is 304 g/mol. The van der Waals surface area contributed by atoms with E-state index in [-0.39, 0.29) is 30.5 Å². The van der Waals surface area contributed by atoms with E-state index in [0.29, 0.717) is 19.2 Å². The van der Waals surface area contributed by atoms with Crippen LogP contribution >= 0.6 is 0 Å². The number of nitrogens with one attached hydrogen (secondary N) is 1. The Morgan fingerprint density at radius 2 is 2.09 bits per heavy atom. The highest BCUT2D eigenvalue weighted by Gasteiger charge is 2.29. The Morgan fingerprint density at radius 1 is 1.30 bits per heavy atom. The van der Waals surface area contributed by atoms with Crippen molar-refractivity contribution in [2.75, 3.05) is 19.6 Å². The quantitative estimate of drug-likeness (QED) is 0.860. The normalized spacial score (nSPS) is 17.9. The first-order valence-electron chi connectivity index (χ1n) is 7.75. The van der Waals surface area contributed by atoms with Crippen LogP contribution in [0.5, 0.6) is 0 Å². The van der Waals surface area contributed by atoms with Crippen LogP contribution in [0, 0.1) is 11.6 Å². The Bertz CT molecular complexity index is 580. The van der Waals surface area contributed by atoms with Gasteiger partial charge in [0.1, 0.15) is 11.6 Å². The molecule has 5 nitrogen and oxygen atoms in total. The molecule has 126 valence electrons. The van der Waals surface area contributed by atoms with E-state index in [0.717, 1.165) is 31.4 Å². The molecule has 2 amide bonds. The van der Waals surface area contributed by atoms with E-state index >= 15 is 0 Å². The van der Waals surface area contributed by atoms with Crippen molar-refractivity contribution in [2.45, 2.75) is 31.7 Å². The smallest absolute Gasteiger partial charge is 0.257 e. The molecule has 3 N–H and O–H groups in total. The van der Waals surface area contributed by atoms with Gasteiger partial charge in [0.2, 0.25) is 5.91 Å². The maximum Gasteiger partial charge on any atom is 0.257 e. The summed E-state index contributed by atoms with van der Waals surface area (Å²) in [5.41, 5.74) is 5.17. The van der Waals surface area contributed by atoms with Crippen LogP contribution < -0.4 is 11.1 Å². The maximum atomic E-state index is 13.8. The number of nitrogens with zero attached hydrogens (tertiary/aromatic N) is 1. The van der Waals surface area contributed by atoms with Crippen molar-refractivity contribution in [3.05, 3.63) is 35.4 Å². The van der Waals surface area contributed by atoms with Gasteiger partial charge in [0, 0.05) is 38.2 Å². The summed E-state index contributed by atoms with van der Waals surface area (Å²) in [6.45, 7) is 1.07. The summed E-state index contributed by atoms with van der Waals surface area (Å²) in [6, 6.07) is 2.74. The number of likely N-dealkylation sites (tertiary alicyclic amines) is 1. The van der Waals surface area contributed by atoms with Crippen LogP contribution in [-0.2, 0) is 4.79 Å². The number of hydrogen-bond acceptors (Lipinski definition) is 3. The molecule has 0 saturated carbocycles. The minimum Gasteiger partial charge on any atom is -0.354 e. The Hall–Kier alpha value is -2.02. The van der Waals surface area contributed by atoms with E-state index in [1.807, 2.05) is 0 Å². The van der Waals surface area contributed by atoms with E-state index in [1.54, 1.807) is 4.90 Å². The number of amides is 2. The third-order valence-electron chi connectivity index (χ3n) is 3.96. The van der Waals surface area contributed by atoms with Gasteiger partial charge in [0.15, 0.2) is 0 Å². The number of rotatable bonds is 5. The molecule has 1 saturated heterocycles. The summed E-state index contributed by atoms with van der Waals surface area (Å²) in [7, 11) is 0. The molecule has 0 radical (unpaired) electrons. The predicted molar refractivity (Wildman–Crippen MR) is 81.7 cm³/mol. The highest BCUT2D eigenvalue weighted by atomic mass is 19.1. The van der Waals surface area contributed by atoms with Crippen molar-refractivity contribution in [3.63, 3.8) is 0 Å². The fraction of sp³-hybridized carbons (Fsp3) is 0.500. The zero-order chi connectivity index (χ0) is 16.8. The van der Waals surface area contributed by atoms with Gasteiger partial charge in [-0.3, -0.25) is 9.59 Å². The zero-order valence-corrected chi connectivity index (χ0v) is 12.9. The fourth-order valence-corrected chi connectivity index (χ4v) is 2.75. The van der Waals surface area contributed by atoms with Crippen molar-refractivity contribution in [2.24, 2.45) is 5.73 Å². The molecule has 2 rings (SSSR count). The average molecular weight is 325 g/mol. The highest BCUT2D eigenvalue weighted by Crippen LogP contribution is 2.21. The van der Waals surface area contributed by atoms with Crippen molar-refractivity contribution in [1.29, 1.82) is 0 Å². The SMILES string of the molecule is NCCC(=O)NCC1CCCCN1C(=O)c1ccc(F)cc1F. The minimum absolute atomic E-state index is 0.147. The first-order chi connectivity index (χ1) is 11.0. The van der Waals surface area contributed by atoms with E-state index < -0.39 is 17.5 Å². The monoisotopic (exact) mass is 325 g/mol.